The fourth-order valence-electron chi connectivity index (χ4n) is 2.05. The minimum atomic E-state index is -0.250. The first-order chi connectivity index (χ1) is 8.00. The zero-order valence-electron chi connectivity index (χ0n) is 10.5. The summed E-state index contributed by atoms with van der Waals surface area (Å²) in [5.41, 5.74) is 1.49. The Morgan fingerprint density at radius 3 is 2.88 bits per heavy atom. The van der Waals surface area contributed by atoms with Gasteiger partial charge in [0.15, 0.2) is 0 Å². The Bertz CT molecular complexity index is 516. The third-order valence-electron chi connectivity index (χ3n) is 2.78. The molecule has 1 aromatic carbocycles. The zero-order valence-corrected chi connectivity index (χ0v) is 10.5. The maximum atomic E-state index is 13.0. The molecule has 0 spiro atoms. The van der Waals surface area contributed by atoms with Gasteiger partial charge in [-0.15, -0.1) is 0 Å². The van der Waals surface area contributed by atoms with Crippen molar-refractivity contribution in [3.05, 3.63) is 24.0 Å². The summed E-state index contributed by atoms with van der Waals surface area (Å²) in [5.74, 6) is 0.449. The van der Waals surface area contributed by atoms with Crippen LogP contribution in [-0.4, -0.2) is 15.5 Å². The van der Waals surface area contributed by atoms with Crippen LogP contribution in [0.4, 0.5) is 10.3 Å². The van der Waals surface area contributed by atoms with Crippen molar-refractivity contribution in [2.24, 2.45) is 0 Å². The molecule has 0 bridgehead atoms. The van der Waals surface area contributed by atoms with E-state index in [4.69, 9.17) is 0 Å². The van der Waals surface area contributed by atoms with Gasteiger partial charge in [0, 0.05) is 5.54 Å². The fraction of sp³-hybridized carbons (Fsp3) is 0.462. The predicted molar refractivity (Wildman–Crippen MR) is 68.7 cm³/mol. The summed E-state index contributed by atoms with van der Waals surface area (Å²) in [7, 11) is 0. The highest BCUT2D eigenvalue weighted by molar-refractivity contribution is 5.77. The van der Waals surface area contributed by atoms with Crippen molar-refractivity contribution in [2.75, 3.05) is 5.32 Å². The van der Waals surface area contributed by atoms with E-state index in [1.165, 1.54) is 12.1 Å². The zero-order chi connectivity index (χ0) is 12.5. The Morgan fingerprint density at radius 1 is 1.41 bits per heavy atom. The van der Waals surface area contributed by atoms with Gasteiger partial charge in [-0.1, -0.05) is 13.3 Å². The Labute approximate surface area is 100 Å². The van der Waals surface area contributed by atoms with Crippen LogP contribution in [0, 0.1) is 5.82 Å². The average molecular weight is 235 g/mol. The largest absolute Gasteiger partial charge is 0.351 e. The quantitative estimate of drug-likeness (QED) is 0.848. The normalized spacial score (nSPS) is 12.0. The van der Waals surface area contributed by atoms with Gasteiger partial charge in [-0.05, 0) is 38.5 Å². The second kappa shape index (κ2) is 4.35. The van der Waals surface area contributed by atoms with Gasteiger partial charge in [0.25, 0.3) is 0 Å². The number of benzene rings is 1. The average Bonchev–Trinajstić information content (AvgIpc) is 2.57. The molecule has 0 saturated carbocycles. The SMILES string of the molecule is CCCC(C)(C)Nc1nc2ccc(F)cc2[nH]1. The molecule has 3 nitrogen and oxygen atoms in total. The van der Waals surface area contributed by atoms with Gasteiger partial charge >= 0.3 is 0 Å². The first kappa shape index (κ1) is 11.9. The molecule has 0 radical (unpaired) electrons. The van der Waals surface area contributed by atoms with E-state index in [1.807, 2.05) is 0 Å². The van der Waals surface area contributed by atoms with Crippen LogP contribution in [0.2, 0.25) is 0 Å². The van der Waals surface area contributed by atoms with Crippen molar-refractivity contribution in [2.45, 2.75) is 39.2 Å². The van der Waals surface area contributed by atoms with E-state index in [0.717, 1.165) is 23.9 Å². The van der Waals surface area contributed by atoms with Gasteiger partial charge < -0.3 is 10.3 Å². The van der Waals surface area contributed by atoms with Gasteiger partial charge in [-0.2, -0.15) is 0 Å². The molecule has 0 atom stereocenters. The molecule has 0 aliphatic heterocycles. The number of imidazole rings is 1. The Morgan fingerprint density at radius 2 is 2.18 bits per heavy atom. The minimum Gasteiger partial charge on any atom is -0.351 e. The number of aromatic nitrogens is 2. The fourth-order valence-corrected chi connectivity index (χ4v) is 2.05. The molecule has 2 N–H and O–H groups in total. The molecule has 0 fully saturated rings. The summed E-state index contributed by atoms with van der Waals surface area (Å²) in [6.07, 6.45) is 2.16. The smallest absolute Gasteiger partial charge is 0.201 e. The Kier molecular flexibility index (Phi) is 3.05. The van der Waals surface area contributed by atoms with E-state index in [9.17, 15) is 4.39 Å². The van der Waals surface area contributed by atoms with Crippen molar-refractivity contribution < 1.29 is 4.39 Å². The molecule has 0 aliphatic carbocycles. The van der Waals surface area contributed by atoms with Crippen LogP contribution in [0.1, 0.15) is 33.6 Å². The maximum absolute atomic E-state index is 13.0. The first-order valence-corrected chi connectivity index (χ1v) is 5.93. The lowest BCUT2D eigenvalue weighted by Crippen LogP contribution is -2.30. The minimum absolute atomic E-state index is 0.0127. The lowest BCUT2D eigenvalue weighted by molar-refractivity contribution is 0.507. The summed E-state index contributed by atoms with van der Waals surface area (Å²) in [4.78, 5) is 7.48. The summed E-state index contributed by atoms with van der Waals surface area (Å²) in [5, 5.41) is 3.34. The number of anilines is 1. The van der Waals surface area contributed by atoms with Crippen molar-refractivity contribution in [3.8, 4) is 0 Å². The third kappa shape index (κ3) is 2.75. The monoisotopic (exact) mass is 235 g/mol. The molecule has 0 saturated heterocycles. The molecule has 1 heterocycles. The Hall–Kier alpha value is -1.58. The molecule has 1 aromatic heterocycles. The molecule has 92 valence electrons. The summed E-state index contributed by atoms with van der Waals surface area (Å²) >= 11 is 0. The second-order valence-corrected chi connectivity index (χ2v) is 5.01. The summed E-state index contributed by atoms with van der Waals surface area (Å²) < 4.78 is 13.0. The number of halogens is 1. The van der Waals surface area contributed by atoms with Crippen LogP contribution in [-0.2, 0) is 0 Å². The molecule has 4 heteroatoms. The van der Waals surface area contributed by atoms with Crippen LogP contribution in [0.5, 0.6) is 0 Å². The van der Waals surface area contributed by atoms with Crippen LogP contribution in [0.15, 0.2) is 18.2 Å². The Balaban J connectivity index is 2.25. The molecule has 0 amide bonds. The van der Waals surface area contributed by atoms with Crippen LogP contribution in [0.25, 0.3) is 11.0 Å². The van der Waals surface area contributed by atoms with Crippen LogP contribution < -0.4 is 5.32 Å². The van der Waals surface area contributed by atoms with Crippen LogP contribution in [0.3, 0.4) is 0 Å². The van der Waals surface area contributed by atoms with Gasteiger partial charge in [0.05, 0.1) is 11.0 Å². The number of nitrogens with one attached hydrogen (secondary N) is 2. The van der Waals surface area contributed by atoms with E-state index < -0.39 is 0 Å². The third-order valence-corrected chi connectivity index (χ3v) is 2.78. The molecule has 0 unspecified atom stereocenters. The molecular formula is C13H18FN3. The van der Waals surface area contributed by atoms with E-state index in [-0.39, 0.29) is 11.4 Å². The second-order valence-electron chi connectivity index (χ2n) is 5.01. The van der Waals surface area contributed by atoms with Crippen molar-refractivity contribution in [1.82, 2.24) is 9.97 Å². The highest BCUT2D eigenvalue weighted by Gasteiger charge is 2.17. The number of rotatable bonds is 4. The molecule has 17 heavy (non-hydrogen) atoms. The van der Waals surface area contributed by atoms with Crippen molar-refractivity contribution in [1.29, 1.82) is 0 Å². The number of fused-ring (bicyclic) bond motifs is 1. The van der Waals surface area contributed by atoms with Crippen molar-refractivity contribution in [3.63, 3.8) is 0 Å². The number of nitrogens with zero attached hydrogens (tertiary/aromatic N) is 1. The molecule has 0 aliphatic rings. The highest BCUT2D eigenvalue weighted by atomic mass is 19.1. The van der Waals surface area contributed by atoms with E-state index >= 15 is 0 Å². The van der Waals surface area contributed by atoms with Crippen LogP contribution >= 0.6 is 0 Å². The predicted octanol–water partition coefficient (Wildman–Crippen LogP) is 3.69. The summed E-state index contributed by atoms with van der Waals surface area (Å²) in [6.45, 7) is 6.41. The van der Waals surface area contributed by atoms with Crippen molar-refractivity contribution >= 4 is 17.0 Å². The molecule has 2 rings (SSSR count). The first-order valence-electron chi connectivity index (χ1n) is 5.93. The highest BCUT2D eigenvalue weighted by Crippen LogP contribution is 2.20. The lowest BCUT2D eigenvalue weighted by Gasteiger charge is -2.25. The van der Waals surface area contributed by atoms with Gasteiger partial charge in [0.1, 0.15) is 5.82 Å². The number of H-pyrrole nitrogens is 1. The topological polar surface area (TPSA) is 40.7 Å². The van der Waals surface area contributed by atoms with E-state index in [0.29, 0.717) is 5.95 Å². The number of hydrogen-bond acceptors (Lipinski definition) is 2. The lowest BCUT2D eigenvalue weighted by atomic mass is 9.99. The number of hydrogen-bond donors (Lipinski definition) is 2. The molecular weight excluding hydrogens is 217 g/mol. The van der Waals surface area contributed by atoms with Gasteiger partial charge in [-0.3, -0.25) is 0 Å². The van der Waals surface area contributed by atoms with Gasteiger partial charge in [0.2, 0.25) is 5.95 Å². The van der Waals surface area contributed by atoms with Gasteiger partial charge in [-0.25, -0.2) is 9.37 Å². The maximum Gasteiger partial charge on any atom is 0.201 e. The standard InChI is InChI=1S/C13H18FN3/c1-4-7-13(2,3)17-12-15-10-6-5-9(14)8-11(10)16-12/h5-6,8H,4,7H2,1-3H3,(H2,15,16,17). The van der Waals surface area contributed by atoms with E-state index in [2.05, 4.69) is 36.1 Å². The van der Waals surface area contributed by atoms with E-state index in [1.54, 1.807) is 6.07 Å². The number of aromatic amines is 1. The summed E-state index contributed by atoms with van der Waals surface area (Å²) in [6, 6.07) is 4.56. The molecule has 2 aromatic rings.